The number of carbonyl (C=O) groups is 1. The predicted octanol–water partition coefficient (Wildman–Crippen LogP) is 1.99. The molecule has 0 aliphatic carbocycles. The second-order valence-corrected chi connectivity index (χ2v) is 5.31. The number of nitrogens with zero attached hydrogens (tertiary/aromatic N) is 2. The standard InChI is InChI=1S/C15H21N3O2.H2O/c1-6-20-15(3,4)14-16-12-8-7-11(9-13(12)17-14)18(5)10(2)19;/h7-9H,6H2,1-5H3,(H,16,17);1H2. The summed E-state index contributed by atoms with van der Waals surface area (Å²) in [5, 5.41) is 0. The van der Waals surface area contributed by atoms with Gasteiger partial charge in [0.2, 0.25) is 5.91 Å². The highest BCUT2D eigenvalue weighted by Crippen LogP contribution is 2.26. The van der Waals surface area contributed by atoms with Crippen LogP contribution in [0.15, 0.2) is 18.2 Å². The fourth-order valence-electron chi connectivity index (χ4n) is 2.10. The molecule has 1 aromatic carbocycles. The first kappa shape index (κ1) is 17.1. The van der Waals surface area contributed by atoms with Gasteiger partial charge < -0.3 is 20.1 Å². The molecule has 1 amide bonds. The molecule has 0 saturated heterocycles. The summed E-state index contributed by atoms with van der Waals surface area (Å²) in [6, 6.07) is 5.73. The van der Waals surface area contributed by atoms with Crippen LogP contribution in [0.4, 0.5) is 5.69 Å². The zero-order valence-electron chi connectivity index (χ0n) is 13.2. The third-order valence-electron chi connectivity index (χ3n) is 3.40. The lowest BCUT2D eigenvalue weighted by atomic mass is 10.1. The maximum Gasteiger partial charge on any atom is 0.223 e. The van der Waals surface area contributed by atoms with Gasteiger partial charge in [-0.15, -0.1) is 0 Å². The summed E-state index contributed by atoms with van der Waals surface area (Å²) in [6.07, 6.45) is 0. The van der Waals surface area contributed by atoms with Crippen molar-refractivity contribution in [2.45, 2.75) is 33.3 Å². The van der Waals surface area contributed by atoms with Crippen molar-refractivity contribution < 1.29 is 15.0 Å². The lowest BCUT2D eigenvalue weighted by Crippen LogP contribution is -2.23. The van der Waals surface area contributed by atoms with Crippen LogP contribution in [-0.4, -0.2) is 35.0 Å². The fourth-order valence-corrected chi connectivity index (χ4v) is 2.10. The zero-order valence-corrected chi connectivity index (χ0v) is 13.2. The van der Waals surface area contributed by atoms with Crippen LogP contribution in [0, 0.1) is 0 Å². The SMILES string of the molecule is CCOC(C)(C)c1nc2ccc(N(C)C(C)=O)cc2[nH]1.O. The lowest BCUT2D eigenvalue weighted by molar-refractivity contribution is -0.116. The molecule has 1 heterocycles. The summed E-state index contributed by atoms with van der Waals surface area (Å²) in [4.78, 5) is 20.9. The van der Waals surface area contributed by atoms with Crippen molar-refractivity contribution >= 4 is 22.6 Å². The molecule has 6 heteroatoms. The van der Waals surface area contributed by atoms with Crippen molar-refractivity contribution in [1.29, 1.82) is 0 Å². The first-order chi connectivity index (χ1) is 9.35. The first-order valence-corrected chi connectivity index (χ1v) is 6.73. The van der Waals surface area contributed by atoms with Gasteiger partial charge in [-0.2, -0.15) is 0 Å². The van der Waals surface area contributed by atoms with E-state index in [1.165, 1.54) is 0 Å². The van der Waals surface area contributed by atoms with Crippen molar-refractivity contribution in [2.24, 2.45) is 0 Å². The highest BCUT2D eigenvalue weighted by Gasteiger charge is 2.24. The molecule has 0 radical (unpaired) electrons. The Morgan fingerprint density at radius 3 is 2.67 bits per heavy atom. The molecule has 0 unspecified atom stereocenters. The van der Waals surface area contributed by atoms with Crippen molar-refractivity contribution in [3.8, 4) is 0 Å². The Hall–Kier alpha value is -1.92. The number of rotatable bonds is 4. The summed E-state index contributed by atoms with van der Waals surface area (Å²) in [5.74, 6) is 0.788. The van der Waals surface area contributed by atoms with Gasteiger partial charge in [0.05, 0.1) is 11.0 Å². The molecule has 0 atom stereocenters. The number of hydrogen-bond acceptors (Lipinski definition) is 3. The van der Waals surface area contributed by atoms with E-state index in [9.17, 15) is 4.79 Å². The number of carbonyl (C=O) groups excluding carboxylic acids is 1. The summed E-state index contributed by atoms with van der Waals surface area (Å²) in [5.41, 5.74) is 2.15. The smallest absolute Gasteiger partial charge is 0.223 e. The van der Waals surface area contributed by atoms with Gasteiger partial charge in [0, 0.05) is 26.3 Å². The summed E-state index contributed by atoms with van der Waals surface area (Å²) in [7, 11) is 1.75. The third kappa shape index (κ3) is 3.40. The molecule has 6 nitrogen and oxygen atoms in total. The van der Waals surface area contributed by atoms with Crippen molar-refractivity contribution in [3.05, 3.63) is 24.0 Å². The largest absolute Gasteiger partial charge is 0.412 e. The molecule has 1 aromatic heterocycles. The molecular formula is C15H23N3O3. The number of aromatic nitrogens is 2. The Bertz CT molecular complexity index is 634. The molecule has 0 bridgehead atoms. The van der Waals surface area contributed by atoms with Crippen LogP contribution in [0.5, 0.6) is 0 Å². The van der Waals surface area contributed by atoms with Crippen molar-refractivity contribution in [1.82, 2.24) is 9.97 Å². The van der Waals surface area contributed by atoms with E-state index in [2.05, 4.69) is 9.97 Å². The topological polar surface area (TPSA) is 89.7 Å². The molecule has 116 valence electrons. The van der Waals surface area contributed by atoms with E-state index >= 15 is 0 Å². The van der Waals surface area contributed by atoms with Gasteiger partial charge in [-0.05, 0) is 39.0 Å². The second-order valence-electron chi connectivity index (χ2n) is 5.31. The van der Waals surface area contributed by atoms with Crippen LogP contribution in [0.1, 0.15) is 33.5 Å². The summed E-state index contributed by atoms with van der Waals surface area (Å²) >= 11 is 0. The number of anilines is 1. The fraction of sp³-hybridized carbons (Fsp3) is 0.467. The number of imidazole rings is 1. The minimum absolute atomic E-state index is 0. The molecule has 0 aliphatic rings. The Morgan fingerprint density at radius 2 is 2.10 bits per heavy atom. The van der Waals surface area contributed by atoms with Crippen LogP contribution < -0.4 is 4.90 Å². The van der Waals surface area contributed by atoms with Gasteiger partial charge in [-0.3, -0.25) is 4.79 Å². The minimum atomic E-state index is -0.458. The second kappa shape index (κ2) is 6.24. The Labute approximate surface area is 124 Å². The Morgan fingerprint density at radius 1 is 1.43 bits per heavy atom. The number of nitrogens with one attached hydrogen (secondary N) is 1. The number of benzene rings is 1. The van der Waals surface area contributed by atoms with Gasteiger partial charge >= 0.3 is 0 Å². The van der Waals surface area contributed by atoms with E-state index in [0.717, 1.165) is 22.5 Å². The van der Waals surface area contributed by atoms with E-state index in [-0.39, 0.29) is 11.4 Å². The minimum Gasteiger partial charge on any atom is -0.412 e. The third-order valence-corrected chi connectivity index (χ3v) is 3.40. The van der Waals surface area contributed by atoms with Gasteiger partial charge in [0.15, 0.2) is 0 Å². The van der Waals surface area contributed by atoms with Crippen LogP contribution in [0.2, 0.25) is 0 Å². The van der Waals surface area contributed by atoms with E-state index in [4.69, 9.17) is 4.74 Å². The quantitative estimate of drug-likeness (QED) is 0.934. The highest BCUT2D eigenvalue weighted by molar-refractivity contribution is 5.93. The number of hydrogen-bond donors (Lipinski definition) is 1. The average Bonchev–Trinajstić information content (AvgIpc) is 2.81. The van der Waals surface area contributed by atoms with Crippen LogP contribution in [0.25, 0.3) is 11.0 Å². The van der Waals surface area contributed by atoms with E-state index in [1.807, 2.05) is 39.0 Å². The van der Waals surface area contributed by atoms with Gasteiger partial charge in [-0.25, -0.2) is 4.98 Å². The molecule has 2 aromatic rings. The summed E-state index contributed by atoms with van der Waals surface area (Å²) in [6.45, 7) is 8.10. The number of amides is 1. The first-order valence-electron chi connectivity index (χ1n) is 6.73. The monoisotopic (exact) mass is 293 g/mol. The molecule has 0 fully saturated rings. The molecule has 2 rings (SSSR count). The highest BCUT2D eigenvalue weighted by atomic mass is 16.5. The number of H-pyrrole nitrogens is 1. The average molecular weight is 293 g/mol. The maximum absolute atomic E-state index is 11.4. The molecular weight excluding hydrogens is 270 g/mol. The number of aromatic amines is 1. The molecule has 0 aliphatic heterocycles. The number of fused-ring (bicyclic) bond motifs is 1. The predicted molar refractivity (Wildman–Crippen MR) is 83.4 cm³/mol. The molecule has 3 N–H and O–H groups in total. The van der Waals surface area contributed by atoms with Gasteiger partial charge in [0.25, 0.3) is 0 Å². The molecule has 0 spiro atoms. The number of ether oxygens (including phenoxy) is 1. The lowest BCUT2D eigenvalue weighted by Gasteiger charge is -2.21. The Kier molecular flexibility index (Phi) is 5.09. The van der Waals surface area contributed by atoms with Gasteiger partial charge in [0.1, 0.15) is 11.4 Å². The maximum atomic E-state index is 11.4. The van der Waals surface area contributed by atoms with Crippen LogP contribution >= 0.6 is 0 Å². The molecule has 0 saturated carbocycles. The van der Waals surface area contributed by atoms with E-state index in [0.29, 0.717) is 6.61 Å². The normalized spacial score (nSPS) is 11.3. The van der Waals surface area contributed by atoms with Gasteiger partial charge in [-0.1, -0.05) is 0 Å². The van der Waals surface area contributed by atoms with E-state index in [1.54, 1.807) is 18.9 Å². The Balaban J connectivity index is 0.00000220. The van der Waals surface area contributed by atoms with E-state index < -0.39 is 5.60 Å². The summed E-state index contributed by atoms with van der Waals surface area (Å²) < 4.78 is 5.70. The van der Waals surface area contributed by atoms with Crippen molar-refractivity contribution in [2.75, 3.05) is 18.6 Å². The zero-order chi connectivity index (χ0) is 14.9. The van der Waals surface area contributed by atoms with Crippen LogP contribution in [0.3, 0.4) is 0 Å². The van der Waals surface area contributed by atoms with Crippen molar-refractivity contribution in [3.63, 3.8) is 0 Å². The van der Waals surface area contributed by atoms with Crippen LogP contribution in [-0.2, 0) is 15.1 Å². The molecule has 21 heavy (non-hydrogen) atoms.